The second kappa shape index (κ2) is 6.62. The molecule has 0 saturated carbocycles. The molecule has 8 heteroatoms. The number of carbonyl (C=O) groups excluding carboxylic acids is 1. The van der Waals surface area contributed by atoms with Crippen molar-refractivity contribution in [1.29, 1.82) is 0 Å². The van der Waals surface area contributed by atoms with Gasteiger partial charge in [0.05, 0.1) is 17.8 Å². The Bertz CT molecular complexity index is 797. The van der Waals surface area contributed by atoms with E-state index in [0.717, 1.165) is 5.56 Å². The van der Waals surface area contributed by atoms with Gasteiger partial charge in [-0.2, -0.15) is 5.10 Å². The van der Waals surface area contributed by atoms with Crippen LogP contribution in [0, 0.1) is 0 Å². The molecular formula is C15H15ClN6O. The summed E-state index contributed by atoms with van der Waals surface area (Å²) >= 11 is 5.81. The molecule has 2 heterocycles. The summed E-state index contributed by atoms with van der Waals surface area (Å²) in [6, 6.07) is 9.38. The van der Waals surface area contributed by atoms with E-state index in [1.165, 1.54) is 10.9 Å². The maximum absolute atomic E-state index is 12.2. The van der Waals surface area contributed by atoms with Crippen LogP contribution in [-0.4, -0.2) is 30.5 Å². The van der Waals surface area contributed by atoms with E-state index in [1.54, 1.807) is 24.1 Å². The molecule has 1 atom stereocenters. The number of hydrogen-bond acceptors (Lipinski definition) is 4. The molecular weight excluding hydrogens is 316 g/mol. The second-order valence-corrected chi connectivity index (χ2v) is 5.49. The number of carbonyl (C=O) groups is 1. The molecule has 0 aliphatic rings. The van der Waals surface area contributed by atoms with Crippen molar-refractivity contribution in [2.45, 2.75) is 19.5 Å². The fourth-order valence-corrected chi connectivity index (χ4v) is 2.20. The van der Waals surface area contributed by atoms with E-state index in [4.69, 9.17) is 11.6 Å². The minimum Gasteiger partial charge on any atom is -0.291 e. The number of halogens is 1. The van der Waals surface area contributed by atoms with Gasteiger partial charge in [0.1, 0.15) is 12.4 Å². The fourth-order valence-electron chi connectivity index (χ4n) is 2.06. The summed E-state index contributed by atoms with van der Waals surface area (Å²) in [4.78, 5) is 16.3. The topological polar surface area (TPSA) is 77.6 Å². The van der Waals surface area contributed by atoms with Gasteiger partial charge >= 0.3 is 0 Å². The predicted molar refractivity (Wildman–Crippen MR) is 86.1 cm³/mol. The standard InChI is InChI=1S/C15H15ClN6O/c1-11(22-9-13(16)7-18-22)14(23)19-15-17-10-21(20-15)8-12-5-3-2-4-6-12/h2-7,9-11H,8H2,1H3,(H,19,20,23). The molecule has 0 spiro atoms. The van der Waals surface area contributed by atoms with Gasteiger partial charge in [0.25, 0.3) is 5.91 Å². The van der Waals surface area contributed by atoms with Gasteiger partial charge in [-0.3, -0.25) is 14.8 Å². The summed E-state index contributed by atoms with van der Waals surface area (Å²) in [5.74, 6) is -0.00161. The lowest BCUT2D eigenvalue weighted by Gasteiger charge is -2.10. The highest BCUT2D eigenvalue weighted by Crippen LogP contribution is 2.12. The number of nitrogens with zero attached hydrogens (tertiary/aromatic N) is 5. The van der Waals surface area contributed by atoms with Crippen molar-refractivity contribution in [1.82, 2.24) is 24.5 Å². The molecule has 0 fully saturated rings. The highest BCUT2D eigenvalue weighted by Gasteiger charge is 2.17. The zero-order valence-electron chi connectivity index (χ0n) is 12.4. The zero-order valence-corrected chi connectivity index (χ0v) is 13.2. The van der Waals surface area contributed by atoms with Gasteiger partial charge in [-0.15, -0.1) is 5.10 Å². The Balaban J connectivity index is 1.63. The van der Waals surface area contributed by atoms with E-state index >= 15 is 0 Å². The van der Waals surface area contributed by atoms with Gasteiger partial charge in [0, 0.05) is 6.20 Å². The molecule has 0 aliphatic heterocycles. The molecule has 0 saturated heterocycles. The molecule has 7 nitrogen and oxygen atoms in total. The molecule has 0 radical (unpaired) electrons. The van der Waals surface area contributed by atoms with E-state index in [0.29, 0.717) is 11.6 Å². The number of hydrogen-bond donors (Lipinski definition) is 1. The smallest absolute Gasteiger partial charge is 0.251 e. The first-order chi connectivity index (χ1) is 11.1. The van der Waals surface area contributed by atoms with Crippen LogP contribution in [0.1, 0.15) is 18.5 Å². The maximum Gasteiger partial charge on any atom is 0.251 e. The summed E-state index contributed by atoms with van der Waals surface area (Å²) in [5, 5.41) is 11.4. The first-order valence-corrected chi connectivity index (χ1v) is 7.43. The molecule has 3 aromatic rings. The molecule has 118 valence electrons. The van der Waals surface area contributed by atoms with Gasteiger partial charge in [0.2, 0.25) is 5.95 Å². The number of anilines is 1. The minimum atomic E-state index is -0.511. The Hall–Kier alpha value is -2.67. The summed E-state index contributed by atoms with van der Waals surface area (Å²) in [6.45, 7) is 2.31. The molecule has 1 N–H and O–H groups in total. The van der Waals surface area contributed by atoms with Crippen molar-refractivity contribution >= 4 is 23.5 Å². The van der Waals surface area contributed by atoms with Crippen molar-refractivity contribution in [2.75, 3.05) is 5.32 Å². The highest BCUT2D eigenvalue weighted by atomic mass is 35.5. The lowest BCUT2D eigenvalue weighted by molar-refractivity contribution is -0.119. The van der Waals surface area contributed by atoms with Crippen LogP contribution in [0.4, 0.5) is 5.95 Å². The van der Waals surface area contributed by atoms with Crippen molar-refractivity contribution < 1.29 is 4.79 Å². The van der Waals surface area contributed by atoms with Crippen LogP contribution in [0.5, 0.6) is 0 Å². The summed E-state index contributed by atoms with van der Waals surface area (Å²) < 4.78 is 3.15. The van der Waals surface area contributed by atoms with E-state index in [2.05, 4.69) is 20.5 Å². The van der Waals surface area contributed by atoms with Gasteiger partial charge in [0.15, 0.2) is 0 Å². The third-order valence-electron chi connectivity index (χ3n) is 3.31. The second-order valence-electron chi connectivity index (χ2n) is 5.06. The van der Waals surface area contributed by atoms with Crippen LogP contribution in [0.3, 0.4) is 0 Å². The predicted octanol–water partition coefficient (Wildman–Crippen LogP) is 2.38. The van der Waals surface area contributed by atoms with Crippen LogP contribution in [0.25, 0.3) is 0 Å². The van der Waals surface area contributed by atoms with Crippen molar-refractivity contribution in [3.8, 4) is 0 Å². The Morgan fingerprint density at radius 3 is 2.83 bits per heavy atom. The molecule has 0 bridgehead atoms. The van der Waals surface area contributed by atoms with Gasteiger partial charge < -0.3 is 0 Å². The Morgan fingerprint density at radius 1 is 1.35 bits per heavy atom. The molecule has 1 aromatic carbocycles. The van der Waals surface area contributed by atoms with Crippen LogP contribution >= 0.6 is 11.6 Å². The number of rotatable bonds is 5. The third-order valence-corrected chi connectivity index (χ3v) is 3.50. The molecule has 1 unspecified atom stereocenters. The van der Waals surface area contributed by atoms with E-state index in [1.807, 2.05) is 30.3 Å². The van der Waals surface area contributed by atoms with Crippen molar-refractivity contribution in [3.63, 3.8) is 0 Å². The third kappa shape index (κ3) is 3.75. The summed E-state index contributed by atoms with van der Waals surface area (Å²) in [7, 11) is 0. The zero-order chi connectivity index (χ0) is 16.2. The molecule has 1 amide bonds. The van der Waals surface area contributed by atoms with E-state index in [9.17, 15) is 4.79 Å². The van der Waals surface area contributed by atoms with E-state index < -0.39 is 6.04 Å². The Labute approximate surface area is 137 Å². The van der Waals surface area contributed by atoms with Crippen LogP contribution in [0.2, 0.25) is 5.02 Å². The normalized spacial score (nSPS) is 12.1. The highest BCUT2D eigenvalue weighted by molar-refractivity contribution is 6.30. The van der Waals surface area contributed by atoms with Crippen LogP contribution in [-0.2, 0) is 11.3 Å². The molecule has 2 aromatic heterocycles. The van der Waals surface area contributed by atoms with Gasteiger partial charge in [-0.1, -0.05) is 41.9 Å². The lowest BCUT2D eigenvalue weighted by atomic mass is 10.2. The minimum absolute atomic E-state index is 0.260. The Kier molecular flexibility index (Phi) is 4.38. The number of nitrogens with one attached hydrogen (secondary N) is 1. The summed E-state index contributed by atoms with van der Waals surface area (Å²) in [6.07, 6.45) is 4.66. The van der Waals surface area contributed by atoms with E-state index in [-0.39, 0.29) is 11.9 Å². The number of amides is 1. The maximum atomic E-state index is 12.2. The summed E-state index contributed by atoms with van der Waals surface area (Å²) in [5.41, 5.74) is 1.11. The number of aromatic nitrogens is 5. The average molecular weight is 331 g/mol. The van der Waals surface area contributed by atoms with Crippen LogP contribution in [0.15, 0.2) is 49.1 Å². The first-order valence-electron chi connectivity index (χ1n) is 7.06. The van der Waals surface area contributed by atoms with Crippen LogP contribution < -0.4 is 5.32 Å². The molecule has 3 rings (SSSR count). The Morgan fingerprint density at radius 2 is 2.13 bits per heavy atom. The monoisotopic (exact) mass is 330 g/mol. The molecule has 23 heavy (non-hydrogen) atoms. The number of benzene rings is 1. The largest absolute Gasteiger partial charge is 0.291 e. The fraction of sp³-hybridized carbons (Fsp3) is 0.200. The SMILES string of the molecule is CC(C(=O)Nc1ncn(Cc2ccccc2)n1)n1cc(Cl)cn1. The average Bonchev–Trinajstić information content (AvgIpc) is 3.17. The molecule has 0 aliphatic carbocycles. The lowest BCUT2D eigenvalue weighted by Crippen LogP contribution is -2.24. The quantitative estimate of drug-likeness (QED) is 0.779. The van der Waals surface area contributed by atoms with Gasteiger partial charge in [-0.05, 0) is 12.5 Å². The van der Waals surface area contributed by atoms with Gasteiger partial charge in [-0.25, -0.2) is 9.67 Å². The van der Waals surface area contributed by atoms with Crippen molar-refractivity contribution in [2.24, 2.45) is 0 Å². The van der Waals surface area contributed by atoms with Crippen molar-refractivity contribution in [3.05, 3.63) is 59.6 Å². The first kappa shape index (κ1) is 15.2.